The van der Waals surface area contributed by atoms with Gasteiger partial charge in [0.05, 0.1) is 0 Å². The van der Waals surface area contributed by atoms with Crippen LogP contribution in [-0.4, -0.2) is 49.0 Å². The summed E-state index contributed by atoms with van der Waals surface area (Å²) in [4.78, 5) is 19.6. The van der Waals surface area contributed by atoms with E-state index < -0.39 is 0 Å². The van der Waals surface area contributed by atoms with Gasteiger partial charge in [-0.3, -0.25) is 9.79 Å². The van der Waals surface area contributed by atoms with Crippen LogP contribution >= 0.6 is 0 Å². The molecule has 3 rings (SSSR count). The summed E-state index contributed by atoms with van der Waals surface area (Å²) < 4.78 is 0. The van der Waals surface area contributed by atoms with E-state index in [1.54, 1.807) is 0 Å². The maximum Gasteiger partial charge on any atom is 0.225 e. The summed E-state index contributed by atoms with van der Waals surface area (Å²) in [5.41, 5.74) is 2.62. The number of benzene rings is 1. The monoisotopic (exact) mass is 384 g/mol. The van der Waals surface area contributed by atoms with Gasteiger partial charge < -0.3 is 15.5 Å². The number of rotatable bonds is 6. The highest BCUT2D eigenvalue weighted by atomic mass is 16.2. The van der Waals surface area contributed by atoms with Crippen molar-refractivity contribution in [2.24, 2.45) is 10.9 Å². The van der Waals surface area contributed by atoms with Crippen molar-refractivity contribution in [1.82, 2.24) is 15.5 Å². The van der Waals surface area contributed by atoms with Crippen molar-refractivity contribution in [2.75, 3.05) is 26.2 Å². The summed E-state index contributed by atoms with van der Waals surface area (Å²) in [6, 6.07) is 8.91. The number of nitrogens with one attached hydrogen (secondary N) is 2. The van der Waals surface area contributed by atoms with Crippen molar-refractivity contribution in [2.45, 2.75) is 64.8 Å². The smallest absolute Gasteiger partial charge is 0.225 e. The predicted octanol–water partition coefficient (Wildman–Crippen LogP) is 3.27. The minimum Gasteiger partial charge on any atom is -0.357 e. The van der Waals surface area contributed by atoms with E-state index in [2.05, 4.69) is 53.6 Å². The van der Waals surface area contributed by atoms with Crippen LogP contribution in [-0.2, 0) is 11.2 Å². The van der Waals surface area contributed by atoms with Crippen LogP contribution in [0.4, 0.5) is 0 Å². The van der Waals surface area contributed by atoms with Gasteiger partial charge in [0.15, 0.2) is 5.96 Å². The molecule has 1 aromatic carbocycles. The average Bonchev–Trinajstić information content (AvgIpc) is 3.17. The van der Waals surface area contributed by atoms with E-state index in [1.165, 1.54) is 30.4 Å². The molecule has 2 fully saturated rings. The molecule has 1 saturated carbocycles. The second-order valence-electron chi connectivity index (χ2n) is 8.25. The molecule has 1 aliphatic heterocycles. The maximum absolute atomic E-state index is 12.8. The molecule has 154 valence electrons. The van der Waals surface area contributed by atoms with Crippen molar-refractivity contribution in [3.05, 3.63) is 35.4 Å². The number of hydrogen-bond donors (Lipinski definition) is 2. The molecule has 0 bridgehead atoms. The number of likely N-dealkylation sites (tertiary alicyclic amines) is 1. The van der Waals surface area contributed by atoms with Crippen molar-refractivity contribution in [1.29, 1.82) is 0 Å². The van der Waals surface area contributed by atoms with Crippen molar-refractivity contribution in [3.8, 4) is 0 Å². The van der Waals surface area contributed by atoms with Crippen LogP contribution in [0.1, 0.15) is 56.6 Å². The molecular formula is C23H36N4O. The summed E-state index contributed by atoms with van der Waals surface area (Å²) in [6.45, 7) is 7.49. The Kier molecular flexibility index (Phi) is 7.75. The second-order valence-corrected chi connectivity index (χ2v) is 8.25. The summed E-state index contributed by atoms with van der Waals surface area (Å²) in [5, 5.41) is 6.90. The normalized spacial score (nSPS) is 21.0. The lowest BCUT2D eigenvalue weighted by Crippen LogP contribution is -2.45. The minimum atomic E-state index is 0.267. The number of carbonyl (C=O) groups excluding carboxylic acids is 1. The molecule has 0 aromatic heterocycles. The molecule has 1 unspecified atom stereocenters. The molecule has 0 spiro atoms. The van der Waals surface area contributed by atoms with Crippen LogP contribution in [0.2, 0.25) is 0 Å². The van der Waals surface area contributed by atoms with E-state index in [-0.39, 0.29) is 5.92 Å². The maximum atomic E-state index is 12.8. The topological polar surface area (TPSA) is 56.7 Å². The Morgan fingerprint density at radius 2 is 2.04 bits per heavy atom. The fourth-order valence-electron chi connectivity index (χ4n) is 4.36. The first kappa shape index (κ1) is 20.7. The van der Waals surface area contributed by atoms with Gasteiger partial charge in [-0.1, -0.05) is 49.1 Å². The highest BCUT2D eigenvalue weighted by Gasteiger charge is 2.31. The van der Waals surface area contributed by atoms with E-state index in [1.807, 2.05) is 0 Å². The zero-order valence-electron chi connectivity index (χ0n) is 17.5. The first-order valence-electron chi connectivity index (χ1n) is 11.0. The fraction of sp³-hybridized carbons (Fsp3) is 0.652. The van der Waals surface area contributed by atoms with Crippen LogP contribution in [0.25, 0.3) is 0 Å². The van der Waals surface area contributed by atoms with Gasteiger partial charge in [-0.15, -0.1) is 0 Å². The van der Waals surface area contributed by atoms with E-state index in [9.17, 15) is 4.79 Å². The van der Waals surface area contributed by atoms with Gasteiger partial charge in [0.2, 0.25) is 5.91 Å². The standard InChI is InChI=1S/C23H36N4O/c1-3-24-23(25-14-12-19-9-7-8-18(2)16-19)26-21-13-15-27(17-21)22(28)20-10-5-4-6-11-20/h7-9,16,20-21H,3-6,10-15,17H2,1-2H3,(H2,24,25,26). The third-order valence-electron chi connectivity index (χ3n) is 5.89. The zero-order valence-corrected chi connectivity index (χ0v) is 17.5. The van der Waals surface area contributed by atoms with Gasteiger partial charge in [0, 0.05) is 38.1 Å². The van der Waals surface area contributed by atoms with Gasteiger partial charge in [-0.05, 0) is 45.1 Å². The van der Waals surface area contributed by atoms with E-state index in [0.717, 1.165) is 57.8 Å². The molecule has 1 aromatic rings. The minimum absolute atomic E-state index is 0.267. The van der Waals surface area contributed by atoms with E-state index >= 15 is 0 Å². The predicted molar refractivity (Wildman–Crippen MR) is 116 cm³/mol. The molecule has 1 aliphatic carbocycles. The summed E-state index contributed by atoms with van der Waals surface area (Å²) in [7, 11) is 0. The lowest BCUT2D eigenvalue weighted by atomic mass is 9.88. The lowest BCUT2D eigenvalue weighted by Gasteiger charge is -2.26. The Bertz CT molecular complexity index is 666. The Labute approximate surface area is 170 Å². The number of aliphatic imine (C=N–C) groups is 1. The third kappa shape index (κ3) is 5.98. The van der Waals surface area contributed by atoms with Crippen LogP contribution in [0, 0.1) is 12.8 Å². The highest BCUT2D eigenvalue weighted by molar-refractivity contribution is 5.81. The number of nitrogens with zero attached hydrogens (tertiary/aromatic N) is 2. The highest BCUT2D eigenvalue weighted by Crippen LogP contribution is 2.26. The Balaban J connectivity index is 1.49. The fourth-order valence-corrected chi connectivity index (χ4v) is 4.36. The van der Waals surface area contributed by atoms with E-state index in [0.29, 0.717) is 11.9 Å². The largest absolute Gasteiger partial charge is 0.357 e. The molecule has 5 nitrogen and oxygen atoms in total. The Morgan fingerprint density at radius 3 is 2.79 bits per heavy atom. The van der Waals surface area contributed by atoms with Gasteiger partial charge in [-0.25, -0.2) is 0 Å². The van der Waals surface area contributed by atoms with Crippen molar-refractivity contribution < 1.29 is 4.79 Å². The average molecular weight is 385 g/mol. The molecule has 1 atom stereocenters. The third-order valence-corrected chi connectivity index (χ3v) is 5.89. The van der Waals surface area contributed by atoms with Crippen LogP contribution < -0.4 is 10.6 Å². The molecule has 0 radical (unpaired) electrons. The van der Waals surface area contributed by atoms with Gasteiger partial charge in [0.1, 0.15) is 0 Å². The first-order valence-corrected chi connectivity index (χ1v) is 11.0. The molecule has 1 heterocycles. The molecular weight excluding hydrogens is 348 g/mol. The quantitative estimate of drug-likeness (QED) is 0.585. The number of hydrogen-bond acceptors (Lipinski definition) is 2. The van der Waals surface area contributed by atoms with Gasteiger partial charge in [-0.2, -0.15) is 0 Å². The van der Waals surface area contributed by atoms with Crippen LogP contribution in [0.5, 0.6) is 0 Å². The molecule has 1 amide bonds. The SMILES string of the molecule is CCNC(=NCCc1cccc(C)c1)NC1CCN(C(=O)C2CCCCC2)C1. The number of guanidine groups is 1. The number of amides is 1. The van der Waals surface area contributed by atoms with E-state index in [4.69, 9.17) is 4.99 Å². The second kappa shape index (κ2) is 10.5. The Hall–Kier alpha value is -2.04. The zero-order chi connectivity index (χ0) is 19.8. The van der Waals surface area contributed by atoms with Crippen LogP contribution in [0.15, 0.2) is 29.3 Å². The molecule has 28 heavy (non-hydrogen) atoms. The summed E-state index contributed by atoms with van der Waals surface area (Å²) >= 11 is 0. The first-order chi connectivity index (χ1) is 13.7. The molecule has 5 heteroatoms. The van der Waals surface area contributed by atoms with Gasteiger partial charge >= 0.3 is 0 Å². The van der Waals surface area contributed by atoms with Crippen molar-refractivity contribution in [3.63, 3.8) is 0 Å². The van der Waals surface area contributed by atoms with Crippen LogP contribution in [0.3, 0.4) is 0 Å². The van der Waals surface area contributed by atoms with Crippen molar-refractivity contribution >= 4 is 11.9 Å². The van der Waals surface area contributed by atoms with Gasteiger partial charge in [0.25, 0.3) is 0 Å². The molecule has 2 aliphatic rings. The summed E-state index contributed by atoms with van der Waals surface area (Å²) in [5.74, 6) is 1.52. The lowest BCUT2D eigenvalue weighted by molar-refractivity contribution is -0.135. The number of carbonyl (C=O) groups is 1. The summed E-state index contributed by atoms with van der Waals surface area (Å²) in [6.07, 6.45) is 7.82. The molecule has 1 saturated heterocycles. The molecule has 2 N–H and O–H groups in total. The number of aryl methyl sites for hydroxylation is 1. The Morgan fingerprint density at radius 1 is 1.21 bits per heavy atom.